The molecule has 1 unspecified atom stereocenters. The summed E-state index contributed by atoms with van der Waals surface area (Å²) in [4.78, 5) is 0. The third kappa shape index (κ3) is 4.57. The summed E-state index contributed by atoms with van der Waals surface area (Å²) in [5.74, 6) is 0. The van der Waals surface area contributed by atoms with Gasteiger partial charge in [0.25, 0.3) is 0 Å². The van der Waals surface area contributed by atoms with E-state index in [2.05, 4.69) is 31.3 Å². The van der Waals surface area contributed by atoms with Crippen LogP contribution in [0.5, 0.6) is 0 Å². The Hall–Kier alpha value is -0.820. The van der Waals surface area contributed by atoms with Crippen LogP contribution in [-0.2, 0) is 0 Å². The molecule has 0 aromatic heterocycles. The fourth-order valence-electron chi connectivity index (χ4n) is 0.652. The van der Waals surface area contributed by atoms with E-state index in [0.717, 1.165) is 6.04 Å². The molecule has 1 nitrogen and oxygen atoms in total. The first kappa shape index (κ1) is 8.28. The summed E-state index contributed by atoms with van der Waals surface area (Å²) in [6.45, 7) is 5.49. The predicted octanol–water partition coefficient (Wildman–Crippen LogP) is 1.97. The highest BCUT2D eigenvalue weighted by Gasteiger charge is 2.10. The van der Waals surface area contributed by atoms with Gasteiger partial charge in [0.05, 0.1) is 0 Å². The largest absolute Gasteiger partial charge is 0.311 e. The highest BCUT2D eigenvalue weighted by molar-refractivity contribution is 5.11. The summed E-state index contributed by atoms with van der Waals surface area (Å²) in [6.07, 6.45) is 0. The summed E-state index contributed by atoms with van der Waals surface area (Å²) in [6, 6.07) is 11.1. The lowest BCUT2D eigenvalue weighted by atomic mass is 10.2. The number of rotatable bonds is 0. The standard InChI is InChI=1S/C7H8.C3H7N/c1-7-5-3-2-4-6-7;1-3-2-4-3/h2-6H,1H3;3-4H,2H2,1H3. The van der Waals surface area contributed by atoms with Crippen molar-refractivity contribution in [1.29, 1.82) is 0 Å². The van der Waals surface area contributed by atoms with Crippen LogP contribution in [0.25, 0.3) is 0 Å². The van der Waals surface area contributed by atoms with Crippen LogP contribution in [0.3, 0.4) is 0 Å². The van der Waals surface area contributed by atoms with Crippen molar-refractivity contribution >= 4 is 0 Å². The van der Waals surface area contributed by atoms with E-state index < -0.39 is 0 Å². The van der Waals surface area contributed by atoms with Gasteiger partial charge in [0.15, 0.2) is 0 Å². The SMILES string of the molecule is CC1CN1.Cc1ccccc1. The maximum absolute atomic E-state index is 3.10. The lowest BCUT2D eigenvalue weighted by Crippen LogP contribution is -1.72. The molecule has 0 aliphatic carbocycles. The molecule has 0 bridgehead atoms. The van der Waals surface area contributed by atoms with Crippen LogP contribution in [0.2, 0.25) is 0 Å². The van der Waals surface area contributed by atoms with Crippen molar-refractivity contribution < 1.29 is 0 Å². The summed E-state index contributed by atoms with van der Waals surface area (Å²) in [5, 5.41) is 3.10. The van der Waals surface area contributed by atoms with Crippen LogP contribution < -0.4 is 5.32 Å². The number of hydrogen-bond donors (Lipinski definition) is 1. The maximum Gasteiger partial charge on any atom is 0.0164 e. The van der Waals surface area contributed by atoms with Gasteiger partial charge in [0, 0.05) is 12.6 Å². The zero-order valence-electron chi connectivity index (χ0n) is 7.17. The molecule has 1 aliphatic rings. The number of hydrogen-bond acceptors (Lipinski definition) is 1. The van der Waals surface area contributed by atoms with Crippen molar-refractivity contribution in [2.24, 2.45) is 0 Å². The Labute approximate surface area is 68.4 Å². The molecule has 1 aromatic carbocycles. The number of aryl methyl sites for hydroxylation is 1. The molecule has 1 N–H and O–H groups in total. The van der Waals surface area contributed by atoms with Crippen LogP contribution in [0.4, 0.5) is 0 Å². The second-order valence-corrected chi connectivity index (χ2v) is 2.96. The van der Waals surface area contributed by atoms with Gasteiger partial charge in [-0.25, -0.2) is 0 Å². The predicted molar refractivity (Wildman–Crippen MR) is 48.6 cm³/mol. The number of benzene rings is 1. The first-order valence-electron chi connectivity index (χ1n) is 4.04. The molecular formula is C10H15N. The summed E-state index contributed by atoms with van der Waals surface area (Å²) in [5.41, 5.74) is 1.32. The van der Waals surface area contributed by atoms with Crippen molar-refractivity contribution in [2.75, 3.05) is 6.54 Å². The Morgan fingerprint density at radius 1 is 1.27 bits per heavy atom. The fourth-order valence-corrected chi connectivity index (χ4v) is 0.652. The van der Waals surface area contributed by atoms with E-state index in [9.17, 15) is 0 Å². The van der Waals surface area contributed by atoms with Crippen molar-refractivity contribution in [2.45, 2.75) is 19.9 Å². The van der Waals surface area contributed by atoms with Crippen LogP contribution >= 0.6 is 0 Å². The van der Waals surface area contributed by atoms with Crippen molar-refractivity contribution in [3.05, 3.63) is 35.9 Å². The Bertz CT molecular complexity index is 189. The average molecular weight is 149 g/mol. The summed E-state index contributed by atoms with van der Waals surface area (Å²) >= 11 is 0. The van der Waals surface area contributed by atoms with Gasteiger partial charge in [-0.15, -0.1) is 0 Å². The van der Waals surface area contributed by atoms with Crippen molar-refractivity contribution in [3.63, 3.8) is 0 Å². The van der Waals surface area contributed by atoms with Crippen LogP contribution in [-0.4, -0.2) is 12.6 Å². The van der Waals surface area contributed by atoms with Gasteiger partial charge in [-0.05, 0) is 13.8 Å². The minimum Gasteiger partial charge on any atom is -0.311 e. The molecule has 1 heterocycles. The molecule has 1 atom stereocenters. The molecule has 11 heavy (non-hydrogen) atoms. The van der Waals surface area contributed by atoms with Gasteiger partial charge in [-0.2, -0.15) is 0 Å². The highest BCUT2D eigenvalue weighted by atomic mass is 15.1. The zero-order valence-corrected chi connectivity index (χ0v) is 7.17. The molecule has 0 amide bonds. The first-order chi connectivity index (χ1) is 5.29. The smallest absolute Gasteiger partial charge is 0.0164 e. The Morgan fingerprint density at radius 3 is 1.91 bits per heavy atom. The molecule has 1 fully saturated rings. The van der Waals surface area contributed by atoms with Gasteiger partial charge in [-0.1, -0.05) is 35.9 Å². The minimum atomic E-state index is 0.833. The topological polar surface area (TPSA) is 21.9 Å². The molecule has 1 aromatic rings. The summed E-state index contributed by atoms with van der Waals surface area (Å²) in [7, 11) is 0. The Kier molecular flexibility index (Phi) is 3.12. The van der Waals surface area contributed by atoms with Gasteiger partial charge < -0.3 is 5.32 Å². The summed E-state index contributed by atoms with van der Waals surface area (Å²) < 4.78 is 0. The molecule has 0 radical (unpaired) electrons. The van der Waals surface area contributed by atoms with Gasteiger partial charge >= 0.3 is 0 Å². The van der Waals surface area contributed by atoms with Crippen LogP contribution in [0, 0.1) is 6.92 Å². The Morgan fingerprint density at radius 2 is 1.73 bits per heavy atom. The average Bonchev–Trinajstić information content (AvgIpc) is 2.75. The van der Waals surface area contributed by atoms with Crippen molar-refractivity contribution in [1.82, 2.24) is 5.32 Å². The monoisotopic (exact) mass is 149 g/mol. The lowest BCUT2D eigenvalue weighted by molar-refractivity contribution is 1.09. The molecule has 1 aliphatic heterocycles. The third-order valence-electron chi connectivity index (χ3n) is 1.55. The van der Waals surface area contributed by atoms with Crippen molar-refractivity contribution in [3.8, 4) is 0 Å². The van der Waals surface area contributed by atoms with Gasteiger partial charge in [0.1, 0.15) is 0 Å². The van der Waals surface area contributed by atoms with E-state index >= 15 is 0 Å². The van der Waals surface area contributed by atoms with E-state index in [0.29, 0.717) is 0 Å². The molecule has 0 spiro atoms. The minimum absolute atomic E-state index is 0.833. The molecule has 0 saturated carbocycles. The van der Waals surface area contributed by atoms with E-state index in [4.69, 9.17) is 0 Å². The lowest BCUT2D eigenvalue weighted by Gasteiger charge is -1.82. The second-order valence-electron chi connectivity index (χ2n) is 2.96. The molecule has 1 heteroatoms. The van der Waals surface area contributed by atoms with E-state index in [1.807, 2.05) is 18.2 Å². The normalized spacial score (nSPS) is 20.0. The molecule has 60 valence electrons. The molecule has 2 rings (SSSR count). The third-order valence-corrected chi connectivity index (χ3v) is 1.55. The number of nitrogens with one attached hydrogen (secondary N) is 1. The molecule has 1 saturated heterocycles. The first-order valence-corrected chi connectivity index (χ1v) is 4.04. The van der Waals surface area contributed by atoms with Gasteiger partial charge in [0.2, 0.25) is 0 Å². The zero-order chi connectivity index (χ0) is 8.10. The van der Waals surface area contributed by atoms with Crippen LogP contribution in [0.1, 0.15) is 12.5 Å². The second kappa shape index (κ2) is 4.14. The van der Waals surface area contributed by atoms with E-state index in [1.165, 1.54) is 12.1 Å². The molecular weight excluding hydrogens is 134 g/mol. The fraction of sp³-hybridized carbons (Fsp3) is 0.400. The van der Waals surface area contributed by atoms with E-state index in [1.54, 1.807) is 0 Å². The van der Waals surface area contributed by atoms with E-state index in [-0.39, 0.29) is 0 Å². The Balaban J connectivity index is 0.000000128. The van der Waals surface area contributed by atoms with Gasteiger partial charge in [-0.3, -0.25) is 0 Å². The maximum atomic E-state index is 3.10. The quantitative estimate of drug-likeness (QED) is 0.560. The highest BCUT2D eigenvalue weighted by Crippen LogP contribution is 1.92. The van der Waals surface area contributed by atoms with Crippen LogP contribution in [0.15, 0.2) is 30.3 Å².